The van der Waals surface area contributed by atoms with Gasteiger partial charge in [0, 0.05) is 23.7 Å². The predicted molar refractivity (Wildman–Crippen MR) is 89.9 cm³/mol. The number of rotatable bonds is 3. The van der Waals surface area contributed by atoms with E-state index in [1.54, 1.807) is 0 Å². The minimum absolute atomic E-state index is 0.0279. The molecule has 2 aliphatic heterocycles. The van der Waals surface area contributed by atoms with Crippen molar-refractivity contribution in [2.75, 3.05) is 0 Å². The summed E-state index contributed by atoms with van der Waals surface area (Å²) in [6.45, 7) is 3.86. The molecule has 1 amide bonds. The van der Waals surface area contributed by atoms with Crippen LogP contribution in [0.25, 0.3) is 16.8 Å². The molecule has 3 nitrogen and oxygen atoms in total. The van der Waals surface area contributed by atoms with Crippen LogP contribution < -0.4 is 10.6 Å². The first-order chi connectivity index (χ1) is 10.7. The van der Waals surface area contributed by atoms with Gasteiger partial charge in [-0.1, -0.05) is 36.9 Å². The van der Waals surface area contributed by atoms with E-state index in [2.05, 4.69) is 23.3 Å². The summed E-state index contributed by atoms with van der Waals surface area (Å²) in [6.07, 6.45) is 5.31. The largest absolute Gasteiger partial charge is 0.348 e. The minimum atomic E-state index is 0.0279. The van der Waals surface area contributed by atoms with Gasteiger partial charge in [0.2, 0.25) is 0 Å². The van der Waals surface area contributed by atoms with Crippen LogP contribution in [0, 0.1) is 0 Å². The first-order valence-corrected chi connectivity index (χ1v) is 7.97. The van der Waals surface area contributed by atoms with Gasteiger partial charge in [-0.25, -0.2) is 0 Å². The number of hydrogen-bond donors (Lipinski definition) is 2. The zero-order valence-electron chi connectivity index (χ0n) is 12.5. The Labute approximate surface area is 130 Å². The smallest absolute Gasteiger partial charge is 0.251 e. The van der Waals surface area contributed by atoms with Gasteiger partial charge in [0.05, 0.1) is 0 Å². The van der Waals surface area contributed by atoms with Crippen molar-refractivity contribution in [3.8, 4) is 0 Å². The van der Waals surface area contributed by atoms with Gasteiger partial charge in [-0.15, -0.1) is 0 Å². The van der Waals surface area contributed by atoms with Crippen LogP contribution in [0.2, 0.25) is 0 Å². The van der Waals surface area contributed by atoms with Crippen LogP contribution >= 0.6 is 0 Å². The number of carbonyl (C=O) groups excluding carboxylic acids is 1. The quantitative estimate of drug-likeness (QED) is 0.912. The molecule has 2 N–H and O–H groups in total. The molecule has 2 aliphatic rings. The topological polar surface area (TPSA) is 41.1 Å². The van der Waals surface area contributed by atoms with Crippen molar-refractivity contribution in [1.29, 1.82) is 0 Å². The number of fused-ring (bicyclic) bond motifs is 3. The van der Waals surface area contributed by atoms with Crippen LogP contribution in [0.3, 0.4) is 0 Å². The van der Waals surface area contributed by atoms with Crippen molar-refractivity contribution in [3.63, 3.8) is 0 Å². The Kier molecular flexibility index (Phi) is 3.23. The van der Waals surface area contributed by atoms with E-state index in [0.29, 0.717) is 12.1 Å². The average molecular weight is 292 g/mol. The third-order valence-corrected chi connectivity index (χ3v) is 5.01. The van der Waals surface area contributed by atoms with Gasteiger partial charge in [-0.3, -0.25) is 4.79 Å². The number of nitrogens with one attached hydrogen (secondary N) is 2. The molecule has 2 saturated heterocycles. The van der Waals surface area contributed by atoms with E-state index in [1.807, 2.05) is 36.4 Å². The van der Waals surface area contributed by atoms with Crippen molar-refractivity contribution in [3.05, 3.63) is 54.1 Å². The lowest BCUT2D eigenvalue weighted by Gasteiger charge is -2.21. The second-order valence-electron chi connectivity index (χ2n) is 6.35. The lowest BCUT2D eigenvalue weighted by Crippen LogP contribution is -2.42. The summed E-state index contributed by atoms with van der Waals surface area (Å²) in [7, 11) is 0. The third-order valence-electron chi connectivity index (χ3n) is 5.01. The Balaban J connectivity index is 1.60. The van der Waals surface area contributed by atoms with E-state index in [4.69, 9.17) is 0 Å². The molecule has 0 saturated carbocycles. The van der Waals surface area contributed by atoms with Crippen LogP contribution in [0.5, 0.6) is 0 Å². The standard InChI is InChI=1S/C19H20N2O/c1-2-12-4-3-5-13-6-7-14(10-16(12)13)19(22)21-18-11-15-8-9-17(18)20-15/h2-7,10,15,17-18,20H,1,8-9,11H2,(H,21,22). The van der Waals surface area contributed by atoms with Crippen molar-refractivity contribution in [1.82, 2.24) is 10.6 Å². The van der Waals surface area contributed by atoms with Gasteiger partial charge in [0.1, 0.15) is 0 Å². The van der Waals surface area contributed by atoms with Crippen LogP contribution in [-0.4, -0.2) is 24.0 Å². The van der Waals surface area contributed by atoms with Crippen molar-refractivity contribution in [2.24, 2.45) is 0 Å². The zero-order chi connectivity index (χ0) is 15.1. The Hall–Kier alpha value is -2.13. The van der Waals surface area contributed by atoms with Crippen molar-refractivity contribution < 1.29 is 4.79 Å². The molecular formula is C19H20N2O. The van der Waals surface area contributed by atoms with E-state index in [-0.39, 0.29) is 11.9 Å². The van der Waals surface area contributed by atoms with Gasteiger partial charge < -0.3 is 10.6 Å². The van der Waals surface area contributed by atoms with Crippen LogP contribution in [0.15, 0.2) is 43.0 Å². The molecule has 0 radical (unpaired) electrons. The lowest BCUT2D eigenvalue weighted by molar-refractivity contribution is 0.0931. The van der Waals surface area contributed by atoms with Gasteiger partial charge in [-0.05, 0) is 47.7 Å². The molecule has 2 aromatic carbocycles. The highest BCUT2D eigenvalue weighted by molar-refractivity contribution is 6.00. The van der Waals surface area contributed by atoms with Gasteiger partial charge in [0.25, 0.3) is 5.91 Å². The number of hydrogen-bond acceptors (Lipinski definition) is 2. The van der Waals surface area contributed by atoms with E-state index >= 15 is 0 Å². The highest BCUT2D eigenvalue weighted by atomic mass is 16.1. The Morgan fingerprint density at radius 1 is 1.27 bits per heavy atom. The predicted octanol–water partition coefficient (Wildman–Crippen LogP) is 3.11. The Morgan fingerprint density at radius 2 is 2.18 bits per heavy atom. The first kappa shape index (κ1) is 13.5. The summed E-state index contributed by atoms with van der Waals surface area (Å²) in [4.78, 5) is 12.6. The maximum absolute atomic E-state index is 12.6. The molecule has 2 bridgehead atoms. The van der Waals surface area contributed by atoms with Crippen LogP contribution in [0.4, 0.5) is 0 Å². The molecule has 0 aromatic heterocycles. The maximum Gasteiger partial charge on any atom is 0.251 e. The van der Waals surface area contributed by atoms with Gasteiger partial charge >= 0.3 is 0 Å². The summed E-state index contributed by atoms with van der Waals surface area (Å²) >= 11 is 0. The molecule has 112 valence electrons. The fourth-order valence-electron chi connectivity index (χ4n) is 3.85. The van der Waals surface area contributed by atoms with Crippen LogP contribution in [0.1, 0.15) is 35.2 Å². The minimum Gasteiger partial charge on any atom is -0.348 e. The monoisotopic (exact) mass is 292 g/mol. The molecule has 2 heterocycles. The molecule has 22 heavy (non-hydrogen) atoms. The summed E-state index contributed by atoms with van der Waals surface area (Å²) in [6, 6.07) is 13.3. The van der Waals surface area contributed by atoms with Gasteiger partial charge in [-0.2, -0.15) is 0 Å². The van der Waals surface area contributed by atoms with Crippen molar-refractivity contribution in [2.45, 2.75) is 37.4 Å². The fraction of sp³-hybridized carbons (Fsp3) is 0.316. The SMILES string of the molecule is C=Cc1cccc2ccc(C(=O)NC3CC4CCC3N4)cc12. The second-order valence-corrected chi connectivity index (χ2v) is 6.35. The molecule has 0 aliphatic carbocycles. The Bertz CT molecular complexity index is 752. The highest BCUT2D eigenvalue weighted by Crippen LogP contribution is 2.28. The normalized spacial score (nSPS) is 26.3. The van der Waals surface area contributed by atoms with Crippen LogP contribution in [-0.2, 0) is 0 Å². The zero-order valence-corrected chi connectivity index (χ0v) is 12.5. The maximum atomic E-state index is 12.6. The molecule has 3 atom stereocenters. The molecule has 3 heteroatoms. The van der Waals surface area contributed by atoms with E-state index < -0.39 is 0 Å². The van der Waals surface area contributed by atoms with E-state index in [1.165, 1.54) is 12.8 Å². The Morgan fingerprint density at radius 3 is 2.91 bits per heavy atom. The summed E-state index contributed by atoms with van der Waals surface area (Å²) in [5.41, 5.74) is 1.79. The third kappa shape index (κ3) is 2.22. The highest BCUT2D eigenvalue weighted by Gasteiger charge is 2.39. The first-order valence-electron chi connectivity index (χ1n) is 7.97. The second kappa shape index (κ2) is 5.25. The van der Waals surface area contributed by atoms with Crippen molar-refractivity contribution >= 4 is 22.8 Å². The average Bonchev–Trinajstić information content (AvgIpc) is 3.16. The molecule has 3 unspecified atom stereocenters. The number of amides is 1. The fourth-order valence-corrected chi connectivity index (χ4v) is 3.85. The van der Waals surface area contributed by atoms with E-state index in [0.717, 1.165) is 28.3 Å². The summed E-state index contributed by atoms with van der Waals surface area (Å²) in [5, 5.41) is 8.97. The molecule has 2 fully saturated rings. The lowest BCUT2D eigenvalue weighted by atomic mass is 9.95. The molecule has 0 spiro atoms. The van der Waals surface area contributed by atoms with Gasteiger partial charge in [0.15, 0.2) is 0 Å². The number of benzene rings is 2. The summed E-state index contributed by atoms with van der Waals surface area (Å²) in [5.74, 6) is 0.0279. The number of carbonyl (C=O) groups is 1. The summed E-state index contributed by atoms with van der Waals surface area (Å²) < 4.78 is 0. The molecular weight excluding hydrogens is 272 g/mol. The molecule has 2 aromatic rings. The molecule has 4 rings (SSSR count). The van der Waals surface area contributed by atoms with E-state index in [9.17, 15) is 4.79 Å².